The zero-order valence-corrected chi connectivity index (χ0v) is 22.6. The van der Waals surface area contributed by atoms with Gasteiger partial charge >= 0.3 is 0 Å². The maximum Gasteiger partial charge on any atom is 0.229 e. The number of hydrogen-bond acceptors (Lipinski definition) is 8. The van der Waals surface area contributed by atoms with Crippen LogP contribution in [0.5, 0.6) is 0 Å². The minimum atomic E-state index is -0.139. The fraction of sp³-hybridized carbons (Fsp3) is 0.519. The number of aliphatic hydroxyl groups is 1. The molecule has 204 valence electrons. The lowest BCUT2D eigenvalue weighted by Gasteiger charge is -2.30. The van der Waals surface area contributed by atoms with Crippen molar-refractivity contribution in [3.63, 3.8) is 0 Å². The van der Waals surface area contributed by atoms with Gasteiger partial charge in [-0.3, -0.25) is 9.59 Å². The van der Waals surface area contributed by atoms with E-state index in [1.165, 1.54) is 0 Å². The van der Waals surface area contributed by atoms with Crippen LogP contribution in [0.3, 0.4) is 0 Å². The largest absolute Gasteiger partial charge is 0.394 e. The number of benzene rings is 1. The fourth-order valence-corrected chi connectivity index (χ4v) is 4.53. The van der Waals surface area contributed by atoms with Gasteiger partial charge in [-0.15, -0.1) is 0 Å². The third kappa shape index (κ3) is 6.39. The van der Waals surface area contributed by atoms with Gasteiger partial charge in [-0.25, -0.2) is 0 Å². The Labute approximate surface area is 223 Å². The summed E-state index contributed by atoms with van der Waals surface area (Å²) in [5, 5.41) is 23.7. The Morgan fingerprint density at radius 1 is 1.13 bits per heavy atom. The van der Waals surface area contributed by atoms with Gasteiger partial charge in [0.2, 0.25) is 23.7 Å². The van der Waals surface area contributed by atoms with Crippen LogP contribution in [0, 0.1) is 5.92 Å². The lowest BCUT2D eigenvalue weighted by Crippen LogP contribution is -2.40. The van der Waals surface area contributed by atoms with E-state index in [1.807, 2.05) is 37.4 Å². The van der Waals surface area contributed by atoms with Crippen LogP contribution in [0.2, 0.25) is 0 Å². The normalized spacial score (nSPS) is 15.1. The molecule has 2 amide bonds. The van der Waals surface area contributed by atoms with Crippen molar-refractivity contribution < 1.29 is 14.7 Å². The van der Waals surface area contributed by atoms with Gasteiger partial charge in [-0.05, 0) is 42.9 Å². The van der Waals surface area contributed by atoms with Crippen molar-refractivity contribution in [2.45, 2.75) is 65.5 Å². The molecule has 11 heteroatoms. The van der Waals surface area contributed by atoms with Crippen LogP contribution in [0.25, 0.3) is 5.65 Å². The Morgan fingerprint density at radius 2 is 1.84 bits per heavy atom. The van der Waals surface area contributed by atoms with Crippen molar-refractivity contribution in [2.75, 3.05) is 35.6 Å². The SMILES string of the molecule is CC[C@@H](CO)Nc1nc(NCc2ccc(NC(=O)C3CCN(C(C)=O)CC3)cc2)n2ncc(C(C)C)c2n1. The molecule has 2 aromatic heterocycles. The zero-order valence-electron chi connectivity index (χ0n) is 22.6. The minimum absolute atomic E-state index is 0.00427. The average Bonchev–Trinajstić information content (AvgIpc) is 3.35. The smallest absolute Gasteiger partial charge is 0.229 e. The van der Waals surface area contributed by atoms with Gasteiger partial charge in [-0.2, -0.15) is 19.6 Å². The van der Waals surface area contributed by atoms with Gasteiger partial charge in [0.25, 0.3) is 0 Å². The summed E-state index contributed by atoms with van der Waals surface area (Å²) in [7, 11) is 0. The summed E-state index contributed by atoms with van der Waals surface area (Å²) in [5.74, 6) is 1.20. The van der Waals surface area contributed by atoms with E-state index in [2.05, 4.69) is 44.9 Å². The molecule has 11 nitrogen and oxygen atoms in total. The second-order valence-electron chi connectivity index (χ2n) is 10.1. The molecule has 0 spiro atoms. The number of fused-ring (bicyclic) bond motifs is 1. The van der Waals surface area contributed by atoms with Crippen molar-refractivity contribution in [1.29, 1.82) is 0 Å². The van der Waals surface area contributed by atoms with Crippen LogP contribution in [-0.2, 0) is 16.1 Å². The number of aliphatic hydroxyl groups excluding tert-OH is 1. The molecule has 3 heterocycles. The Kier molecular flexibility index (Phi) is 8.77. The number of piperidine rings is 1. The van der Waals surface area contributed by atoms with Crippen molar-refractivity contribution in [1.82, 2.24) is 24.5 Å². The Bertz CT molecular complexity index is 1250. The number of carbonyl (C=O) groups excluding carboxylic acids is 2. The van der Waals surface area contributed by atoms with Crippen molar-refractivity contribution in [2.24, 2.45) is 5.92 Å². The van der Waals surface area contributed by atoms with E-state index in [4.69, 9.17) is 0 Å². The zero-order chi connectivity index (χ0) is 27.2. The summed E-state index contributed by atoms with van der Waals surface area (Å²) < 4.78 is 1.70. The summed E-state index contributed by atoms with van der Waals surface area (Å²) in [6.45, 7) is 9.49. The highest BCUT2D eigenvalue weighted by atomic mass is 16.3. The lowest BCUT2D eigenvalue weighted by atomic mass is 9.96. The van der Waals surface area contributed by atoms with E-state index in [0.717, 1.165) is 28.9 Å². The number of likely N-dealkylation sites (tertiary alicyclic amines) is 1. The summed E-state index contributed by atoms with van der Waals surface area (Å²) in [5.41, 5.74) is 3.49. The van der Waals surface area contributed by atoms with Crippen molar-refractivity contribution >= 4 is 35.0 Å². The lowest BCUT2D eigenvalue weighted by molar-refractivity contribution is -0.132. The first-order valence-corrected chi connectivity index (χ1v) is 13.3. The highest BCUT2D eigenvalue weighted by Gasteiger charge is 2.26. The van der Waals surface area contributed by atoms with Crippen molar-refractivity contribution in [3.8, 4) is 0 Å². The standard InChI is InChI=1S/C27H38N8O3/c1-5-21(16-36)31-26-32-24-23(17(2)3)15-29-35(24)27(33-26)28-14-19-6-8-22(9-7-19)30-25(38)20-10-12-34(13-11-20)18(4)37/h6-9,15,17,20-21,36H,5,10-14,16H2,1-4H3,(H,30,38)(H2,28,31,32,33)/t21-/m0/s1. The first-order chi connectivity index (χ1) is 18.3. The Morgan fingerprint density at radius 3 is 2.45 bits per heavy atom. The van der Waals surface area contributed by atoms with E-state index in [-0.39, 0.29) is 36.3 Å². The molecule has 38 heavy (non-hydrogen) atoms. The number of aromatic nitrogens is 4. The van der Waals surface area contributed by atoms with E-state index in [0.29, 0.717) is 44.4 Å². The van der Waals surface area contributed by atoms with Crippen LogP contribution >= 0.6 is 0 Å². The number of amides is 2. The molecule has 0 radical (unpaired) electrons. The summed E-state index contributed by atoms with van der Waals surface area (Å²) >= 11 is 0. The van der Waals surface area contributed by atoms with Gasteiger partial charge in [0.1, 0.15) is 0 Å². The Hall–Kier alpha value is -3.73. The molecule has 4 N–H and O–H groups in total. The molecular weight excluding hydrogens is 484 g/mol. The van der Waals surface area contributed by atoms with E-state index in [9.17, 15) is 14.7 Å². The first kappa shape index (κ1) is 27.3. The first-order valence-electron chi connectivity index (χ1n) is 13.3. The molecular formula is C27H38N8O3. The molecule has 4 rings (SSSR count). The predicted octanol–water partition coefficient (Wildman–Crippen LogP) is 3.24. The monoisotopic (exact) mass is 522 g/mol. The highest BCUT2D eigenvalue weighted by Crippen LogP contribution is 2.23. The van der Waals surface area contributed by atoms with Crippen molar-refractivity contribution in [3.05, 3.63) is 41.6 Å². The van der Waals surface area contributed by atoms with Gasteiger partial charge in [0.05, 0.1) is 18.8 Å². The van der Waals surface area contributed by atoms with Gasteiger partial charge in [0, 0.05) is 43.7 Å². The second-order valence-corrected chi connectivity index (χ2v) is 10.1. The number of hydrogen-bond donors (Lipinski definition) is 4. The van der Waals surface area contributed by atoms with E-state index < -0.39 is 0 Å². The van der Waals surface area contributed by atoms with Crippen LogP contribution < -0.4 is 16.0 Å². The third-order valence-corrected chi connectivity index (χ3v) is 7.05. The predicted molar refractivity (Wildman–Crippen MR) is 147 cm³/mol. The van der Waals surface area contributed by atoms with E-state index >= 15 is 0 Å². The molecule has 0 bridgehead atoms. The quantitative estimate of drug-likeness (QED) is 0.319. The van der Waals surface area contributed by atoms with E-state index in [1.54, 1.807) is 16.3 Å². The van der Waals surface area contributed by atoms with Crippen LogP contribution in [0.15, 0.2) is 30.5 Å². The molecule has 1 aromatic carbocycles. The molecule has 1 aliphatic heterocycles. The minimum Gasteiger partial charge on any atom is -0.394 e. The summed E-state index contributed by atoms with van der Waals surface area (Å²) in [4.78, 5) is 35.3. The van der Waals surface area contributed by atoms with Gasteiger partial charge < -0.3 is 26.0 Å². The van der Waals surface area contributed by atoms with Gasteiger partial charge in [-0.1, -0.05) is 32.9 Å². The molecule has 1 aliphatic rings. The van der Waals surface area contributed by atoms with Crippen LogP contribution in [-0.4, -0.2) is 67.1 Å². The summed E-state index contributed by atoms with van der Waals surface area (Å²) in [6.07, 6.45) is 3.92. The molecule has 1 atom stereocenters. The highest BCUT2D eigenvalue weighted by molar-refractivity contribution is 5.92. The third-order valence-electron chi connectivity index (χ3n) is 7.05. The molecule has 3 aromatic rings. The topological polar surface area (TPSA) is 137 Å². The second kappa shape index (κ2) is 12.2. The van der Waals surface area contributed by atoms with Crippen LogP contribution in [0.4, 0.5) is 17.6 Å². The number of nitrogens with one attached hydrogen (secondary N) is 3. The number of nitrogens with zero attached hydrogens (tertiary/aromatic N) is 5. The summed E-state index contributed by atoms with van der Waals surface area (Å²) in [6, 6.07) is 7.56. The molecule has 1 fully saturated rings. The number of anilines is 3. The molecule has 0 aliphatic carbocycles. The number of carbonyl (C=O) groups is 2. The average molecular weight is 523 g/mol. The maximum atomic E-state index is 12.7. The fourth-order valence-electron chi connectivity index (χ4n) is 4.53. The molecule has 1 saturated heterocycles. The molecule has 0 saturated carbocycles. The van der Waals surface area contributed by atoms with Crippen LogP contribution in [0.1, 0.15) is 64.0 Å². The molecule has 0 unspecified atom stereocenters. The Balaban J connectivity index is 1.42. The van der Waals surface area contributed by atoms with Gasteiger partial charge in [0.15, 0.2) is 5.65 Å². The number of rotatable bonds is 10. The maximum absolute atomic E-state index is 12.7.